The summed E-state index contributed by atoms with van der Waals surface area (Å²) in [6.07, 6.45) is 14.7. The second-order valence-electron chi connectivity index (χ2n) is 5.77. The van der Waals surface area contributed by atoms with E-state index in [0.717, 1.165) is 19.3 Å². The lowest BCUT2D eigenvalue weighted by molar-refractivity contribution is -0.303. The molecule has 0 fully saturated rings. The van der Waals surface area contributed by atoms with Crippen LogP contribution in [-0.2, 0) is 14.3 Å². The molecule has 0 unspecified atom stereocenters. The van der Waals surface area contributed by atoms with Crippen molar-refractivity contribution in [3.63, 3.8) is 0 Å². The SMILES string of the molecule is CCCCCCCCCCCCCCOC(=O)C(=O)[O-].N=C(N)N. The van der Waals surface area contributed by atoms with Gasteiger partial charge in [0.15, 0.2) is 11.9 Å². The summed E-state index contributed by atoms with van der Waals surface area (Å²) in [7, 11) is 0. The molecule has 0 aromatic rings. The van der Waals surface area contributed by atoms with Crippen LogP contribution in [0.4, 0.5) is 0 Å². The molecular formula is C17H34N3O4-. The molecule has 7 nitrogen and oxygen atoms in total. The molecule has 0 saturated heterocycles. The summed E-state index contributed by atoms with van der Waals surface area (Å²) in [6.45, 7) is 2.42. The van der Waals surface area contributed by atoms with Crippen LogP contribution in [0.3, 0.4) is 0 Å². The topological polar surface area (TPSA) is 142 Å². The Balaban J connectivity index is 0. The molecule has 0 heterocycles. The molecule has 0 aliphatic heterocycles. The number of ether oxygens (including phenoxy) is 1. The second-order valence-corrected chi connectivity index (χ2v) is 5.77. The Morgan fingerprint density at radius 2 is 1.17 bits per heavy atom. The Bertz CT molecular complexity index is 332. The number of hydrogen-bond donors (Lipinski definition) is 3. The molecule has 0 aliphatic rings. The van der Waals surface area contributed by atoms with Crippen molar-refractivity contribution in [2.75, 3.05) is 6.61 Å². The van der Waals surface area contributed by atoms with E-state index in [0.29, 0.717) is 0 Å². The quantitative estimate of drug-likeness (QED) is 0.153. The number of unbranched alkanes of at least 4 members (excludes halogenated alkanes) is 11. The monoisotopic (exact) mass is 344 g/mol. The third kappa shape index (κ3) is 25.2. The number of carbonyl (C=O) groups is 2. The number of carboxylic acids is 1. The first-order chi connectivity index (χ1) is 11.4. The van der Waals surface area contributed by atoms with Gasteiger partial charge in [-0.3, -0.25) is 5.41 Å². The summed E-state index contributed by atoms with van der Waals surface area (Å²) < 4.78 is 4.49. The molecule has 0 aromatic carbocycles. The van der Waals surface area contributed by atoms with E-state index < -0.39 is 11.9 Å². The number of rotatable bonds is 13. The number of hydrogen-bond acceptors (Lipinski definition) is 5. The molecule has 0 bridgehead atoms. The smallest absolute Gasteiger partial charge is 0.354 e. The number of carboxylic acid groups (broad SMARTS) is 1. The third-order valence-electron chi connectivity index (χ3n) is 3.40. The lowest BCUT2D eigenvalue weighted by Gasteiger charge is -2.05. The number of nitrogens with one attached hydrogen (secondary N) is 1. The van der Waals surface area contributed by atoms with Crippen LogP contribution in [0.1, 0.15) is 84.0 Å². The van der Waals surface area contributed by atoms with Crippen molar-refractivity contribution in [1.82, 2.24) is 0 Å². The van der Waals surface area contributed by atoms with Gasteiger partial charge < -0.3 is 26.1 Å². The standard InChI is InChI=1S/C16H30O4.CH5N3/c1-2-3-4-5-6-7-8-9-10-11-12-13-14-20-16(19)15(17)18;2-1(3)4/h2-14H2,1H3,(H,17,18);(H5,2,3,4)/p-1. The number of aliphatic carboxylic acids is 1. The molecule has 0 rings (SSSR count). The first-order valence-electron chi connectivity index (χ1n) is 8.89. The summed E-state index contributed by atoms with van der Waals surface area (Å²) >= 11 is 0. The number of nitrogens with two attached hydrogens (primary N) is 2. The van der Waals surface area contributed by atoms with Crippen molar-refractivity contribution in [3.8, 4) is 0 Å². The van der Waals surface area contributed by atoms with Gasteiger partial charge in [-0.1, -0.05) is 77.6 Å². The van der Waals surface area contributed by atoms with Gasteiger partial charge in [-0.05, 0) is 6.42 Å². The highest BCUT2D eigenvalue weighted by atomic mass is 16.6. The summed E-state index contributed by atoms with van der Waals surface area (Å²) in [5, 5.41) is 16.1. The largest absolute Gasteiger partial charge is 0.539 e. The van der Waals surface area contributed by atoms with Gasteiger partial charge in [0.2, 0.25) is 0 Å². The van der Waals surface area contributed by atoms with Crippen molar-refractivity contribution in [3.05, 3.63) is 0 Å². The Morgan fingerprint density at radius 3 is 1.50 bits per heavy atom. The molecule has 0 amide bonds. The van der Waals surface area contributed by atoms with E-state index in [9.17, 15) is 14.7 Å². The van der Waals surface area contributed by atoms with Crippen LogP contribution in [0, 0.1) is 5.41 Å². The lowest BCUT2D eigenvalue weighted by atomic mass is 10.1. The number of guanidine groups is 1. The zero-order valence-electron chi connectivity index (χ0n) is 15.0. The Labute approximate surface area is 145 Å². The highest BCUT2D eigenvalue weighted by Crippen LogP contribution is 2.11. The maximum Gasteiger partial charge on any atom is 0.354 e. The molecule has 0 aromatic heterocycles. The van der Waals surface area contributed by atoms with Gasteiger partial charge in [0.1, 0.15) is 0 Å². The van der Waals surface area contributed by atoms with Crippen molar-refractivity contribution >= 4 is 17.9 Å². The third-order valence-corrected chi connectivity index (χ3v) is 3.40. The average Bonchev–Trinajstić information content (AvgIpc) is 2.51. The molecule has 0 atom stereocenters. The van der Waals surface area contributed by atoms with Crippen molar-refractivity contribution < 1.29 is 19.4 Å². The normalized spacial score (nSPS) is 9.71. The first kappa shape index (κ1) is 24.5. The fourth-order valence-corrected chi connectivity index (χ4v) is 2.17. The zero-order valence-corrected chi connectivity index (χ0v) is 15.0. The van der Waals surface area contributed by atoms with Crippen LogP contribution in [0.15, 0.2) is 0 Å². The van der Waals surface area contributed by atoms with E-state index in [2.05, 4.69) is 23.1 Å². The predicted octanol–water partition coefficient (Wildman–Crippen LogP) is 1.82. The lowest BCUT2D eigenvalue weighted by Crippen LogP contribution is -2.33. The molecule has 0 saturated carbocycles. The molecule has 0 radical (unpaired) electrons. The Morgan fingerprint density at radius 1 is 0.833 bits per heavy atom. The summed E-state index contributed by atoms with van der Waals surface area (Å²) in [5.41, 5.74) is 8.94. The van der Waals surface area contributed by atoms with Crippen molar-refractivity contribution in [2.45, 2.75) is 84.0 Å². The van der Waals surface area contributed by atoms with Crippen LogP contribution < -0.4 is 16.6 Å². The average molecular weight is 344 g/mol. The number of esters is 1. The van der Waals surface area contributed by atoms with Crippen molar-refractivity contribution in [1.29, 1.82) is 5.41 Å². The summed E-state index contributed by atoms with van der Waals surface area (Å²) in [5.74, 6) is -3.35. The molecule has 7 heteroatoms. The molecule has 142 valence electrons. The van der Waals surface area contributed by atoms with E-state index in [1.54, 1.807) is 0 Å². The van der Waals surface area contributed by atoms with E-state index in [4.69, 9.17) is 5.41 Å². The van der Waals surface area contributed by atoms with Gasteiger partial charge in [0.25, 0.3) is 0 Å². The van der Waals surface area contributed by atoms with Crippen LogP contribution in [0.5, 0.6) is 0 Å². The molecule has 5 N–H and O–H groups in total. The van der Waals surface area contributed by atoms with Gasteiger partial charge in [0, 0.05) is 0 Å². The van der Waals surface area contributed by atoms with Crippen LogP contribution in [-0.4, -0.2) is 24.5 Å². The van der Waals surface area contributed by atoms with E-state index in [-0.39, 0.29) is 12.6 Å². The summed E-state index contributed by atoms with van der Waals surface area (Å²) in [4.78, 5) is 20.6. The zero-order chi connectivity index (χ0) is 18.6. The van der Waals surface area contributed by atoms with Crippen LogP contribution in [0.2, 0.25) is 0 Å². The molecule has 0 spiro atoms. The van der Waals surface area contributed by atoms with Gasteiger partial charge >= 0.3 is 5.97 Å². The predicted molar refractivity (Wildman–Crippen MR) is 93.1 cm³/mol. The minimum absolute atomic E-state index is 0.185. The van der Waals surface area contributed by atoms with Crippen LogP contribution >= 0.6 is 0 Å². The molecule has 24 heavy (non-hydrogen) atoms. The highest BCUT2D eigenvalue weighted by Gasteiger charge is 2.01. The van der Waals surface area contributed by atoms with Crippen LogP contribution in [0.25, 0.3) is 0 Å². The van der Waals surface area contributed by atoms with Crippen molar-refractivity contribution in [2.24, 2.45) is 11.5 Å². The minimum atomic E-state index is -1.76. The maximum absolute atomic E-state index is 10.6. The van der Waals surface area contributed by atoms with Gasteiger partial charge in [0.05, 0.1) is 6.61 Å². The second kappa shape index (κ2) is 19.3. The Kier molecular flexibility index (Phi) is 19.6. The fraction of sp³-hybridized carbons (Fsp3) is 0.824. The van der Waals surface area contributed by atoms with Gasteiger partial charge in [-0.15, -0.1) is 0 Å². The van der Waals surface area contributed by atoms with E-state index in [1.165, 1.54) is 57.8 Å². The Hall–Kier alpha value is -1.79. The minimum Gasteiger partial charge on any atom is -0.539 e. The number of carbonyl (C=O) groups excluding carboxylic acids is 2. The van der Waals surface area contributed by atoms with E-state index in [1.807, 2.05) is 0 Å². The fourth-order valence-electron chi connectivity index (χ4n) is 2.17. The highest BCUT2D eigenvalue weighted by molar-refractivity contribution is 6.27. The molecular weight excluding hydrogens is 310 g/mol. The summed E-state index contributed by atoms with van der Waals surface area (Å²) in [6, 6.07) is 0. The van der Waals surface area contributed by atoms with Gasteiger partial charge in [-0.2, -0.15) is 0 Å². The molecule has 0 aliphatic carbocycles. The van der Waals surface area contributed by atoms with E-state index >= 15 is 0 Å². The maximum atomic E-state index is 10.6. The first-order valence-corrected chi connectivity index (χ1v) is 8.89. The van der Waals surface area contributed by atoms with Gasteiger partial charge in [-0.25, -0.2) is 4.79 Å².